The van der Waals surface area contributed by atoms with Gasteiger partial charge in [-0.05, 0) is 141 Å². The van der Waals surface area contributed by atoms with Crippen LogP contribution in [0, 0.1) is 0 Å². The van der Waals surface area contributed by atoms with Crippen molar-refractivity contribution in [2.75, 3.05) is 57.6 Å². The monoisotopic (exact) mass is 2050 g/mol. The van der Waals surface area contributed by atoms with Gasteiger partial charge in [0.1, 0.15) is 42.0 Å². The van der Waals surface area contributed by atoms with Crippen molar-refractivity contribution in [3.63, 3.8) is 0 Å². The summed E-state index contributed by atoms with van der Waals surface area (Å²) in [4.78, 5) is 67.4. The van der Waals surface area contributed by atoms with E-state index in [1.807, 2.05) is 114 Å². The Morgan fingerprint density at radius 3 is 1.18 bits per heavy atom. The lowest BCUT2D eigenvalue weighted by Gasteiger charge is -2.28. The summed E-state index contributed by atoms with van der Waals surface area (Å²) in [5.74, 6) is -9.42. The first-order valence-corrected chi connectivity index (χ1v) is 48.9. The van der Waals surface area contributed by atoms with Crippen molar-refractivity contribution in [1.82, 2.24) is 21.3 Å². The largest absolute Gasteiger partial charge is 0.494 e. The van der Waals surface area contributed by atoms with Crippen molar-refractivity contribution in [2.45, 2.75) is 72.6 Å². The molecule has 0 spiro atoms. The highest BCUT2D eigenvalue weighted by Crippen LogP contribution is 2.35. The van der Waals surface area contributed by atoms with E-state index in [9.17, 15) is 114 Å². The molecule has 0 aromatic heterocycles. The third-order valence-electron chi connectivity index (χ3n) is 18.8. The molecule has 10 rings (SSSR count). The van der Waals surface area contributed by atoms with Gasteiger partial charge in [-0.3, -0.25) is 51.3 Å². The minimum absolute atomic E-state index is 0.0474. The van der Waals surface area contributed by atoms with Gasteiger partial charge in [-0.2, -0.15) is 85.6 Å². The van der Waals surface area contributed by atoms with Crippen LogP contribution in [0.5, 0.6) is 23.0 Å². The van der Waals surface area contributed by atoms with Crippen LogP contribution < -0.4 is 40.2 Å². The summed E-state index contributed by atoms with van der Waals surface area (Å²) in [7, 11) is -31.9. The van der Waals surface area contributed by atoms with E-state index in [-0.39, 0.29) is 45.8 Å². The Morgan fingerprint density at radius 2 is 0.754 bits per heavy atom. The van der Waals surface area contributed by atoms with E-state index < -0.39 is 147 Å². The molecule has 0 aliphatic heterocycles. The minimum Gasteiger partial charge on any atom is -0.494 e. The molecular formula is C91H94F8N4O29S6. The molecule has 1 unspecified atom stereocenters. The Labute approximate surface area is 788 Å². The number of nitrogens with one attached hydrogen (secondary N) is 4. The number of hydrogen-bond donors (Lipinski definition) is 10. The van der Waals surface area contributed by atoms with Crippen LogP contribution in [0.25, 0.3) is 79.5 Å². The molecular weight excluding hydrogens is 1960 g/mol. The molecule has 0 saturated carbocycles. The van der Waals surface area contributed by atoms with Gasteiger partial charge in [0.25, 0.3) is 20.2 Å². The number of amides is 4. The number of fused-ring (bicyclic) bond motifs is 4. The topological polar surface area (TPSA) is 523 Å². The molecule has 0 heterocycles. The number of Topliss-reactive ketones (excluding diaryl/α,β-unsaturated/α-hetero) is 1. The summed E-state index contributed by atoms with van der Waals surface area (Å²) in [6.07, 6.45) is 10.7. The second-order valence-corrected chi connectivity index (χ2v) is 38.0. The number of benzene rings is 10. The fourth-order valence-electron chi connectivity index (χ4n) is 11.7. The normalized spacial score (nSPS) is 12.1. The number of carbonyl (C=O) groups excluding carboxylic acids is 6. The van der Waals surface area contributed by atoms with Gasteiger partial charge >= 0.3 is 85.2 Å². The number of halogens is 8. The predicted molar refractivity (Wildman–Crippen MR) is 504 cm³/mol. The number of ketones is 1. The van der Waals surface area contributed by atoms with Crippen LogP contribution in [0.15, 0.2) is 234 Å². The Balaban J connectivity index is 0.000000293. The maximum absolute atomic E-state index is 13.2. The molecule has 0 fully saturated rings. The summed E-state index contributed by atoms with van der Waals surface area (Å²) in [6, 6.07) is 56.9. The SMILES string of the molecule is C=Cc1ccc(C(C)(C)NC(=O)C(F)(F)S(=O)(=O)O)cc1.C=Cc1ccc(C(C)NC(=O)C(F)(F)S(=O)(=O)O)cc1.C=Cc1ccc2cc(OCCCNC(=O)CS(=O)(=O)O)ccc2c1.C=Cc1cccc2c(OCCC(=O)CS(=O)(=O)O)cccc12.C=Cc1cccc2c(OCCCNC(=O)C(F)(F)S(=O)(=O)O)cccc12.C=Cc1cccc2c(OCCOC(=O)C(F)(F)S(=O)(=O)O)cccc12. The van der Waals surface area contributed by atoms with Crippen molar-refractivity contribution >= 4 is 176 Å². The van der Waals surface area contributed by atoms with E-state index in [2.05, 4.69) is 49.5 Å². The average molecular weight is 2050 g/mol. The maximum Gasteiger partial charge on any atom is 0.465 e. The van der Waals surface area contributed by atoms with E-state index in [0.29, 0.717) is 41.4 Å². The molecule has 0 saturated heterocycles. The third kappa shape index (κ3) is 34.2. The van der Waals surface area contributed by atoms with Crippen LogP contribution in [0.4, 0.5) is 35.1 Å². The fraction of sp³-hybridized carbons (Fsp3) is 0.231. The number of esters is 1. The van der Waals surface area contributed by atoms with Crippen LogP contribution in [0.1, 0.15) is 90.6 Å². The lowest BCUT2D eigenvalue weighted by Crippen LogP contribution is -2.52. The summed E-state index contributed by atoms with van der Waals surface area (Å²) in [6.45, 7) is 26.0. The molecule has 4 amide bonds. The smallest absolute Gasteiger partial charge is 0.465 e. The quantitative estimate of drug-likeness (QED) is 0.00738. The second-order valence-electron chi connectivity index (χ2n) is 29.2. The van der Waals surface area contributed by atoms with Crippen molar-refractivity contribution in [3.05, 3.63) is 278 Å². The highest BCUT2D eigenvalue weighted by atomic mass is 32.2. The first-order valence-electron chi connectivity index (χ1n) is 39.9. The fourth-order valence-corrected chi connectivity index (χ4v) is 13.8. The molecule has 10 N–H and O–H groups in total. The van der Waals surface area contributed by atoms with Gasteiger partial charge in [0.15, 0.2) is 11.5 Å². The summed E-state index contributed by atoms with van der Waals surface area (Å²) >= 11 is 0. The van der Waals surface area contributed by atoms with Crippen molar-refractivity contribution < 1.29 is 165 Å². The minimum atomic E-state index is -5.89. The molecule has 0 aliphatic rings. The number of alkyl halides is 8. The Morgan fingerprint density at radius 1 is 0.384 bits per heavy atom. The molecule has 10 aromatic carbocycles. The van der Waals surface area contributed by atoms with Gasteiger partial charge in [-0.1, -0.05) is 234 Å². The molecule has 0 radical (unpaired) electrons. The zero-order chi connectivity index (χ0) is 104. The number of ether oxygens (including phenoxy) is 5. The molecule has 47 heteroatoms. The Kier molecular flexibility index (Phi) is 42.0. The van der Waals surface area contributed by atoms with Gasteiger partial charge in [-0.15, -0.1) is 0 Å². The van der Waals surface area contributed by atoms with E-state index in [4.69, 9.17) is 46.3 Å². The highest BCUT2D eigenvalue weighted by molar-refractivity contribution is 7.88. The Hall–Kier alpha value is -13.2. The van der Waals surface area contributed by atoms with Crippen LogP contribution in [0.3, 0.4) is 0 Å². The molecule has 138 heavy (non-hydrogen) atoms. The van der Waals surface area contributed by atoms with E-state index in [0.717, 1.165) is 82.2 Å². The summed E-state index contributed by atoms with van der Waals surface area (Å²) in [5, 5.41) is -4.39. The second kappa shape index (κ2) is 50.2. The third-order valence-corrected chi connectivity index (χ3v) is 23.4. The van der Waals surface area contributed by atoms with Crippen LogP contribution in [-0.2, 0) is 99.8 Å². The van der Waals surface area contributed by atoms with Gasteiger partial charge in [0.2, 0.25) is 5.91 Å². The van der Waals surface area contributed by atoms with Crippen molar-refractivity contribution in [3.8, 4) is 23.0 Å². The predicted octanol–water partition coefficient (Wildman–Crippen LogP) is 14.8. The molecule has 0 bridgehead atoms. The Bertz CT molecular complexity index is 6860. The van der Waals surface area contributed by atoms with E-state index in [1.165, 1.54) is 20.8 Å². The standard InChI is InChI=1S/C17H17F2NO5S.C17H19NO5S.C16H14F2O6S.C16H16O5S.C13H15F2NO4S.C12H13F2NO4S/c1-2-12-6-3-8-14-13(12)7-4-9-15(14)25-11-5-10-20-16(21)17(18,19)26(22,23)24;1-2-13-4-5-15-11-16(7-6-14(15)10-13)23-9-3-8-18-17(19)12-24(20,21)22;1-2-11-5-3-7-13-12(11)6-4-8-14(13)23-9-10-24-15(19)16(17,18)25(20,21)22;1-2-12-5-3-7-15-14(12)6-4-8-16(15)21-10-9-13(17)11-22(18,19)20;1-4-9-5-7-10(8-6-9)12(2,3)16-11(17)13(14,15)21(18,19)20;1-3-9-4-6-10(7-5-9)8(2)15-11(16)12(13,14)20(17,18)19/h2-4,6-9H,1,5,10-11H2,(H,20,21)(H,22,23,24);2,4-7,10-11H,1,3,8-9,12H2,(H,18,19)(H,20,21,22);2-8H,1,9-10H2,(H,20,21,22);2-8H,1,9-11H2,(H,18,19,20);4-8H,1H2,2-3H3,(H,16,17)(H,18,19,20);3-8H,1H2,2H3,(H,15,16)(H,17,18,19). The maximum atomic E-state index is 13.2. The molecule has 33 nitrogen and oxygen atoms in total. The summed E-state index contributed by atoms with van der Waals surface area (Å²) < 4.78 is 307. The van der Waals surface area contributed by atoms with Gasteiger partial charge in [0.05, 0.1) is 31.4 Å². The van der Waals surface area contributed by atoms with Crippen molar-refractivity contribution in [2.24, 2.45) is 0 Å². The van der Waals surface area contributed by atoms with Gasteiger partial charge in [-0.25, -0.2) is 4.79 Å². The zero-order valence-corrected chi connectivity index (χ0v) is 78.2. The number of hydrogen-bond acceptors (Lipinski definition) is 23. The first kappa shape index (κ1) is 115. The first-order chi connectivity index (χ1) is 64.1. The van der Waals surface area contributed by atoms with E-state index >= 15 is 0 Å². The highest BCUT2D eigenvalue weighted by Gasteiger charge is 2.56. The zero-order valence-electron chi connectivity index (χ0n) is 73.3. The summed E-state index contributed by atoms with van der Waals surface area (Å²) in [5.41, 5.74) is 5.16. The van der Waals surface area contributed by atoms with Gasteiger partial charge < -0.3 is 45.0 Å². The van der Waals surface area contributed by atoms with Crippen LogP contribution in [0.2, 0.25) is 0 Å². The number of rotatable bonds is 40. The van der Waals surface area contributed by atoms with Gasteiger partial charge in [0, 0.05) is 35.7 Å². The average Bonchev–Trinajstić information content (AvgIpc) is 0.779. The number of carbonyl (C=O) groups is 6. The molecule has 744 valence electrons. The lowest BCUT2D eigenvalue weighted by atomic mass is 9.93. The van der Waals surface area contributed by atoms with Crippen LogP contribution >= 0.6 is 0 Å². The van der Waals surface area contributed by atoms with Crippen molar-refractivity contribution in [1.29, 1.82) is 0 Å². The molecule has 10 aromatic rings. The van der Waals surface area contributed by atoms with E-state index in [1.54, 1.807) is 133 Å². The molecule has 1 atom stereocenters. The lowest BCUT2D eigenvalue weighted by molar-refractivity contribution is -0.162. The molecule has 0 aliphatic carbocycles. The van der Waals surface area contributed by atoms with Crippen LogP contribution in [-0.4, -0.2) is 192 Å².